The predicted molar refractivity (Wildman–Crippen MR) is 195 cm³/mol. The molecule has 2 nitrogen and oxygen atoms in total. The van der Waals surface area contributed by atoms with E-state index in [-0.39, 0.29) is 11.3 Å². The van der Waals surface area contributed by atoms with Crippen molar-refractivity contribution in [3.63, 3.8) is 0 Å². The molecule has 6 aromatic rings. The van der Waals surface area contributed by atoms with Crippen molar-refractivity contribution in [1.29, 1.82) is 0 Å². The third-order valence-electron chi connectivity index (χ3n) is 10.4. The van der Waals surface area contributed by atoms with Gasteiger partial charge in [0.25, 0.3) is 0 Å². The molecule has 3 aromatic heterocycles. The molecule has 0 amide bonds. The lowest BCUT2D eigenvalue weighted by atomic mass is 9.70. The highest BCUT2D eigenvalue weighted by atomic mass is 32.1. The fourth-order valence-electron chi connectivity index (χ4n) is 8.10. The maximum Gasteiger partial charge on any atom is 0.124 e. The summed E-state index contributed by atoms with van der Waals surface area (Å²) in [6.45, 7) is 16.6. The first kappa shape index (κ1) is 28.5. The average Bonchev–Trinajstić information content (AvgIpc) is 3.53. The molecule has 2 aliphatic rings. The molecular weight excluding hydrogens is 565 g/mol. The first-order valence-corrected chi connectivity index (χ1v) is 17.4. The van der Waals surface area contributed by atoms with Gasteiger partial charge in [-0.25, -0.2) is 4.98 Å². The number of hydrogen-bond acceptors (Lipinski definition) is 2. The number of aromatic nitrogens is 2. The van der Waals surface area contributed by atoms with Gasteiger partial charge in [0.05, 0.1) is 11.2 Å². The number of fused-ring (bicyclic) bond motifs is 7. The Hall–Kier alpha value is -3.95. The molecule has 8 rings (SSSR count). The van der Waals surface area contributed by atoms with Crippen molar-refractivity contribution in [1.82, 2.24) is 9.55 Å². The SMILES string of the molecule is Cc1c2c(n(-c3c(C(C)C)cccc3C(C)C)c1C1c3sc4nc5c(ccc6ccccc65)cc4c3C=CC1(C)C)CCC=C2. The second kappa shape index (κ2) is 10.3. The van der Waals surface area contributed by atoms with Gasteiger partial charge in [-0.2, -0.15) is 0 Å². The van der Waals surface area contributed by atoms with Crippen molar-refractivity contribution in [3.05, 3.63) is 117 Å². The zero-order chi connectivity index (χ0) is 31.2. The Bertz CT molecular complexity index is 2190. The van der Waals surface area contributed by atoms with Crippen LogP contribution in [-0.2, 0) is 6.42 Å². The van der Waals surface area contributed by atoms with Gasteiger partial charge in [0.1, 0.15) is 4.83 Å². The second-order valence-corrected chi connectivity index (χ2v) is 15.4. The molecule has 2 aliphatic carbocycles. The number of para-hydroxylation sites is 1. The van der Waals surface area contributed by atoms with Crippen LogP contribution < -0.4 is 0 Å². The maximum absolute atomic E-state index is 5.40. The highest BCUT2D eigenvalue weighted by Crippen LogP contribution is 2.55. The smallest absolute Gasteiger partial charge is 0.124 e. The Morgan fingerprint density at radius 2 is 1.58 bits per heavy atom. The van der Waals surface area contributed by atoms with Crippen molar-refractivity contribution in [3.8, 4) is 5.69 Å². The number of rotatable bonds is 4. The Kier molecular flexibility index (Phi) is 6.52. The average molecular weight is 607 g/mol. The summed E-state index contributed by atoms with van der Waals surface area (Å²) < 4.78 is 2.75. The predicted octanol–water partition coefficient (Wildman–Crippen LogP) is 12.1. The third kappa shape index (κ3) is 4.23. The number of pyridine rings is 1. The lowest BCUT2D eigenvalue weighted by Crippen LogP contribution is -2.27. The Morgan fingerprint density at radius 3 is 2.33 bits per heavy atom. The minimum atomic E-state index is -0.0715. The molecule has 0 N–H and O–H groups in total. The molecule has 0 fully saturated rings. The zero-order valence-corrected chi connectivity index (χ0v) is 28.3. The fourth-order valence-corrected chi connectivity index (χ4v) is 9.54. The van der Waals surface area contributed by atoms with Crippen LogP contribution in [0.1, 0.15) is 110 Å². The summed E-state index contributed by atoms with van der Waals surface area (Å²) in [4.78, 5) is 7.98. The maximum atomic E-state index is 5.40. The molecule has 45 heavy (non-hydrogen) atoms. The summed E-state index contributed by atoms with van der Waals surface area (Å²) in [5.41, 5.74) is 12.5. The molecule has 226 valence electrons. The summed E-state index contributed by atoms with van der Waals surface area (Å²) in [5.74, 6) is 1.06. The summed E-state index contributed by atoms with van der Waals surface area (Å²) >= 11 is 1.91. The monoisotopic (exact) mass is 606 g/mol. The molecule has 0 radical (unpaired) electrons. The van der Waals surface area contributed by atoms with Gasteiger partial charge in [0.2, 0.25) is 0 Å². The van der Waals surface area contributed by atoms with E-state index in [4.69, 9.17) is 4.98 Å². The van der Waals surface area contributed by atoms with Gasteiger partial charge < -0.3 is 4.57 Å². The molecule has 0 bridgehead atoms. The van der Waals surface area contributed by atoms with Gasteiger partial charge in [0.15, 0.2) is 0 Å². The van der Waals surface area contributed by atoms with Gasteiger partial charge in [-0.3, -0.25) is 0 Å². The Morgan fingerprint density at radius 1 is 0.844 bits per heavy atom. The number of hydrogen-bond donors (Lipinski definition) is 0. The van der Waals surface area contributed by atoms with E-state index in [1.165, 1.54) is 71.3 Å². The third-order valence-corrected chi connectivity index (χ3v) is 11.6. The molecule has 3 heterocycles. The van der Waals surface area contributed by atoms with Gasteiger partial charge in [0, 0.05) is 38.3 Å². The van der Waals surface area contributed by atoms with Crippen LogP contribution >= 0.6 is 11.3 Å². The zero-order valence-electron chi connectivity index (χ0n) is 27.5. The van der Waals surface area contributed by atoms with E-state index in [2.05, 4.69) is 138 Å². The van der Waals surface area contributed by atoms with Crippen molar-refractivity contribution < 1.29 is 0 Å². The summed E-state index contributed by atoms with van der Waals surface area (Å²) in [5, 5.41) is 4.96. The van der Waals surface area contributed by atoms with Gasteiger partial charge in [-0.1, -0.05) is 120 Å². The van der Waals surface area contributed by atoms with Crippen LogP contribution in [0.2, 0.25) is 0 Å². The van der Waals surface area contributed by atoms with Gasteiger partial charge in [-0.15, -0.1) is 11.3 Å². The highest BCUT2D eigenvalue weighted by Gasteiger charge is 2.41. The number of nitrogens with zero attached hydrogens (tertiary/aromatic N) is 2. The van der Waals surface area contributed by atoms with Crippen LogP contribution in [0.3, 0.4) is 0 Å². The summed E-state index contributed by atoms with van der Waals surface area (Å²) in [6.07, 6.45) is 11.8. The molecule has 0 aliphatic heterocycles. The number of benzene rings is 3. The molecule has 0 spiro atoms. The topological polar surface area (TPSA) is 17.8 Å². The van der Waals surface area contributed by atoms with E-state index >= 15 is 0 Å². The number of thiophene rings is 1. The summed E-state index contributed by atoms with van der Waals surface area (Å²) in [6, 6.07) is 22.5. The molecule has 0 saturated heterocycles. The van der Waals surface area contributed by atoms with E-state index in [9.17, 15) is 0 Å². The second-order valence-electron chi connectivity index (χ2n) is 14.4. The van der Waals surface area contributed by atoms with Crippen molar-refractivity contribution in [2.75, 3.05) is 0 Å². The van der Waals surface area contributed by atoms with Crippen LogP contribution in [0.5, 0.6) is 0 Å². The van der Waals surface area contributed by atoms with E-state index in [1.54, 1.807) is 0 Å². The molecule has 1 unspecified atom stereocenters. The molecular formula is C42H42N2S. The van der Waals surface area contributed by atoms with Crippen LogP contribution in [0.25, 0.3) is 49.7 Å². The molecule has 0 saturated carbocycles. The number of allylic oxidation sites excluding steroid dienone is 2. The first-order chi connectivity index (χ1) is 21.7. The van der Waals surface area contributed by atoms with Crippen molar-refractivity contribution in [2.45, 2.75) is 79.1 Å². The van der Waals surface area contributed by atoms with Crippen molar-refractivity contribution >= 4 is 55.4 Å². The Labute approximate surface area is 271 Å². The van der Waals surface area contributed by atoms with Crippen LogP contribution in [0, 0.1) is 12.3 Å². The van der Waals surface area contributed by atoms with E-state index in [1.807, 2.05) is 11.3 Å². The van der Waals surface area contributed by atoms with Crippen LogP contribution in [0.4, 0.5) is 0 Å². The molecule has 3 heteroatoms. The fraction of sp³-hybridized carbons (Fsp3) is 0.310. The van der Waals surface area contributed by atoms with E-state index in [0.29, 0.717) is 11.8 Å². The van der Waals surface area contributed by atoms with Gasteiger partial charge >= 0.3 is 0 Å². The minimum Gasteiger partial charge on any atom is -0.316 e. The van der Waals surface area contributed by atoms with Gasteiger partial charge in [-0.05, 0) is 76.3 Å². The lowest BCUT2D eigenvalue weighted by Gasteiger charge is -2.37. The van der Waals surface area contributed by atoms with E-state index in [0.717, 1.165) is 23.2 Å². The quantitative estimate of drug-likeness (QED) is 0.183. The molecule has 3 aromatic carbocycles. The lowest BCUT2D eigenvalue weighted by molar-refractivity contribution is 0.406. The minimum absolute atomic E-state index is 0.0715. The van der Waals surface area contributed by atoms with Crippen LogP contribution in [0.15, 0.2) is 72.8 Å². The highest BCUT2D eigenvalue weighted by molar-refractivity contribution is 7.19. The standard InChI is InChI=1S/C42H42N2S/c1-24(2)29-16-12-17-30(25(3)4)39(29)44-35-18-11-10-14-31(35)26(5)38(44)36-40-33(21-22-42(36,6)7)34-23-28-20-19-27-13-8-9-15-32(27)37(28)43-41(34)45-40/h8-10,12-17,19-25,36H,11,18H2,1-7H3. The van der Waals surface area contributed by atoms with Crippen LogP contribution in [-0.4, -0.2) is 9.55 Å². The Balaban J connectivity index is 1.46. The van der Waals surface area contributed by atoms with E-state index < -0.39 is 0 Å². The first-order valence-electron chi connectivity index (χ1n) is 16.6. The largest absolute Gasteiger partial charge is 0.316 e. The summed E-state index contributed by atoms with van der Waals surface area (Å²) in [7, 11) is 0. The van der Waals surface area contributed by atoms with Crippen molar-refractivity contribution in [2.24, 2.45) is 5.41 Å². The normalized spacial score (nSPS) is 17.2. The molecule has 1 atom stereocenters.